The Bertz CT molecular complexity index is 1250. The van der Waals surface area contributed by atoms with Gasteiger partial charge in [0.15, 0.2) is 0 Å². The first-order valence-electron chi connectivity index (χ1n) is 9.30. The normalized spacial score (nSPS) is 17.0. The molecule has 148 valence electrons. The fraction of sp³-hybridized carbons (Fsp3) is 0.300. The van der Waals surface area contributed by atoms with Crippen LogP contribution in [0.4, 0.5) is 10.1 Å². The van der Waals surface area contributed by atoms with E-state index in [0.717, 1.165) is 29.1 Å². The van der Waals surface area contributed by atoms with Crippen LogP contribution in [0.25, 0.3) is 10.2 Å². The van der Waals surface area contributed by atoms with E-state index in [-0.39, 0.29) is 17.1 Å². The number of aromatic nitrogens is 2. The number of nitrogens with zero attached hydrogens (tertiary/aromatic N) is 3. The predicted molar refractivity (Wildman–Crippen MR) is 104 cm³/mol. The Balaban J connectivity index is 1.61. The predicted octanol–water partition coefficient (Wildman–Crippen LogP) is 3.29. The van der Waals surface area contributed by atoms with Crippen molar-refractivity contribution in [3.63, 3.8) is 0 Å². The standard InChI is InChI=1S/C20H16FN3O4S/c1-10-6-11(22-28-10)9-23-16-8-15(14(21)7-17(16)29-20(23)27)24-18(25)12-4-2-3-5-13(12)19(24)26/h6-8H,2-5,9H2,1H3. The highest BCUT2D eigenvalue weighted by Gasteiger charge is 2.41. The largest absolute Gasteiger partial charge is 0.361 e. The van der Waals surface area contributed by atoms with Crippen LogP contribution in [0.5, 0.6) is 0 Å². The van der Waals surface area contributed by atoms with Gasteiger partial charge in [-0.2, -0.15) is 0 Å². The van der Waals surface area contributed by atoms with Gasteiger partial charge in [-0.15, -0.1) is 0 Å². The minimum atomic E-state index is -0.704. The lowest BCUT2D eigenvalue weighted by Crippen LogP contribution is -2.32. The molecule has 29 heavy (non-hydrogen) atoms. The average molecular weight is 413 g/mol. The van der Waals surface area contributed by atoms with Crippen LogP contribution in [0.15, 0.2) is 38.7 Å². The van der Waals surface area contributed by atoms with Crippen LogP contribution < -0.4 is 9.77 Å². The van der Waals surface area contributed by atoms with Gasteiger partial charge in [0.1, 0.15) is 17.3 Å². The lowest BCUT2D eigenvalue weighted by molar-refractivity contribution is -0.120. The zero-order valence-corrected chi connectivity index (χ0v) is 16.3. The minimum Gasteiger partial charge on any atom is -0.361 e. The summed E-state index contributed by atoms with van der Waals surface area (Å²) in [6.07, 6.45) is 2.76. The molecule has 3 aromatic rings. The van der Waals surface area contributed by atoms with Gasteiger partial charge < -0.3 is 4.52 Å². The molecule has 0 spiro atoms. The molecule has 5 rings (SSSR count). The molecule has 2 amide bonds. The molecular formula is C20H16FN3O4S. The van der Waals surface area contributed by atoms with Gasteiger partial charge in [-0.25, -0.2) is 9.29 Å². The molecule has 1 aromatic carbocycles. The first kappa shape index (κ1) is 18.0. The van der Waals surface area contributed by atoms with Gasteiger partial charge in [0.05, 0.1) is 22.4 Å². The molecule has 0 atom stereocenters. The van der Waals surface area contributed by atoms with Crippen LogP contribution in [0.1, 0.15) is 37.1 Å². The summed E-state index contributed by atoms with van der Waals surface area (Å²) in [5, 5.41) is 3.90. The van der Waals surface area contributed by atoms with Crippen molar-refractivity contribution in [3.05, 3.63) is 56.3 Å². The second kappa shape index (κ2) is 6.48. The second-order valence-corrected chi connectivity index (χ2v) is 8.26. The van der Waals surface area contributed by atoms with Gasteiger partial charge in [0.25, 0.3) is 11.8 Å². The first-order chi connectivity index (χ1) is 13.9. The lowest BCUT2D eigenvalue weighted by atomic mass is 9.93. The molecule has 2 aliphatic rings. The summed E-state index contributed by atoms with van der Waals surface area (Å²) in [5.41, 5.74) is 1.86. The van der Waals surface area contributed by atoms with E-state index in [1.807, 2.05) is 0 Å². The Morgan fingerprint density at radius 3 is 2.41 bits per heavy atom. The zero-order chi connectivity index (χ0) is 20.3. The average Bonchev–Trinajstić information content (AvgIpc) is 3.32. The van der Waals surface area contributed by atoms with Crippen molar-refractivity contribution in [1.29, 1.82) is 0 Å². The van der Waals surface area contributed by atoms with Crippen molar-refractivity contribution in [3.8, 4) is 0 Å². The van der Waals surface area contributed by atoms with E-state index in [4.69, 9.17) is 4.52 Å². The fourth-order valence-corrected chi connectivity index (χ4v) is 4.90. The summed E-state index contributed by atoms with van der Waals surface area (Å²) in [6, 6.07) is 4.33. The van der Waals surface area contributed by atoms with Crippen LogP contribution >= 0.6 is 11.3 Å². The monoisotopic (exact) mass is 413 g/mol. The van der Waals surface area contributed by atoms with Crippen molar-refractivity contribution in [2.45, 2.75) is 39.2 Å². The maximum atomic E-state index is 14.9. The Morgan fingerprint density at radius 2 is 1.79 bits per heavy atom. The van der Waals surface area contributed by atoms with E-state index in [1.54, 1.807) is 13.0 Å². The molecule has 0 fully saturated rings. The van der Waals surface area contributed by atoms with Crippen molar-refractivity contribution in [2.75, 3.05) is 4.90 Å². The molecule has 7 nitrogen and oxygen atoms in total. The molecule has 0 unspecified atom stereocenters. The molecule has 0 saturated carbocycles. The number of rotatable bonds is 3. The number of carbonyl (C=O) groups excluding carboxylic acids is 2. The van der Waals surface area contributed by atoms with E-state index in [0.29, 0.717) is 45.7 Å². The van der Waals surface area contributed by atoms with Gasteiger partial charge in [0.2, 0.25) is 0 Å². The summed E-state index contributed by atoms with van der Waals surface area (Å²) in [4.78, 5) is 38.7. The summed E-state index contributed by atoms with van der Waals surface area (Å²) in [7, 11) is 0. The number of carbonyl (C=O) groups is 2. The van der Waals surface area contributed by atoms with Gasteiger partial charge >= 0.3 is 4.87 Å². The van der Waals surface area contributed by atoms with Gasteiger partial charge in [0, 0.05) is 17.2 Å². The number of halogens is 1. The summed E-state index contributed by atoms with van der Waals surface area (Å²) < 4.78 is 21.8. The number of thiazole rings is 1. The Hall–Kier alpha value is -3.07. The highest BCUT2D eigenvalue weighted by Crippen LogP contribution is 2.38. The van der Waals surface area contributed by atoms with Crippen LogP contribution in [0, 0.1) is 12.7 Å². The molecule has 0 saturated heterocycles. The molecule has 3 heterocycles. The number of hydrogen-bond acceptors (Lipinski definition) is 6. The zero-order valence-electron chi connectivity index (χ0n) is 15.5. The molecule has 0 radical (unpaired) electrons. The third kappa shape index (κ3) is 2.76. The molecule has 2 aromatic heterocycles. The number of fused-ring (bicyclic) bond motifs is 1. The quantitative estimate of drug-likeness (QED) is 0.615. The molecule has 9 heteroatoms. The topological polar surface area (TPSA) is 85.4 Å². The Labute approximate surface area is 168 Å². The summed E-state index contributed by atoms with van der Waals surface area (Å²) in [6.45, 7) is 1.90. The second-order valence-electron chi connectivity index (χ2n) is 7.26. The van der Waals surface area contributed by atoms with Crippen molar-refractivity contribution in [1.82, 2.24) is 9.72 Å². The maximum Gasteiger partial charge on any atom is 0.308 e. The van der Waals surface area contributed by atoms with Gasteiger partial charge in [-0.1, -0.05) is 16.5 Å². The van der Waals surface area contributed by atoms with Gasteiger partial charge in [-0.3, -0.25) is 19.0 Å². The maximum absolute atomic E-state index is 14.9. The third-order valence-electron chi connectivity index (χ3n) is 5.36. The minimum absolute atomic E-state index is 0.121. The van der Waals surface area contributed by atoms with E-state index in [9.17, 15) is 18.8 Å². The number of imide groups is 1. The van der Waals surface area contributed by atoms with E-state index >= 15 is 0 Å². The summed E-state index contributed by atoms with van der Waals surface area (Å²) in [5.74, 6) is -1.01. The number of anilines is 1. The molecule has 0 bridgehead atoms. The van der Waals surface area contributed by atoms with Crippen LogP contribution in [-0.4, -0.2) is 21.5 Å². The lowest BCUT2D eigenvalue weighted by Gasteiger charge is -2.16. The SMILES string of the molecule is Cc1cc(Cn2c(=O)sc3cc(F)c(N4C(=O)C5=C(CCCC5)C4=O)cc32)no1. The number of hydrogen-bond donors (Lipinski definition) is 0. The third-order valence-corrected chi connectivity index (χ3v) is 6.31. The van der Waals surface area contributed by atoms with E-state index < -0.39 is 17.6 Å². The number of amides is 2. The first-order valence-corrected chi connectivity index (χ1v) is 10.1. The number of aryl methyl sites for hydroxylation is 1. The fourth-order valence-electron chi connectivity index (χ4n) is 4.01. The highest BCUT2D eigenvalue weighted by molar-refractivity contribution is 7.16. The molecule has 1 aliphatic heterocycles. The highest BCUT2D eigenvalue weighted by atomic mass is 32.1. The van der Waals surface area contributed by atoms with Crippen molar-refractivity contribution in [2.24, 2.45) is 0 Å². The number of benzene rings is 1. The van der Waals surface area contributed by atoms with E-state index in [2.05, 4.69) is 5.16 Å². The molecular weight excluding hydrogens is 397 g/mol. The van der Waals surface area contributed by atoms with Crippen LogP contribution in [0.3, 0.4) is 0 Å². The molecule has 1 aliphatic carbocycles. The van der Waals surface area contributed by atoms with Crippen LogP contribution in [0.2, 0.25) is 0 Å². The molecule has 0 N–H and O–H groups in total. The van der Waals surface area contributed by atoms with Crippen molar-refractivity contribution >= 4 is 39.1 Å². The van der Waals surface area contributed by atoms with Crippen molar-refractivity contribution < 1.29 is 18.5 Å². The Kier molecular flexibility index (Phi) is 4.02. The smallest absolute Gasteiger partial charge is 0.308 e. The Morgan fingerprint density at radius 1 is 1.10 bits per heavy atom. The van der Waals surface area contributed by atoms with Crippen LogP contribution in [-0.2, 0) is 16.1 Å². The van der Waals surface area contributed by atoms with Gasteiger partial charge in [-0.05, 0) is 44.7 Å². The summed E-state index contributed by atoms with van der Waals surface area (Å²) >= 11 is 0.902. The van der Waals surface area contributed by atoms with E-state index in [1.165, 1.54) is 16.7 Å².